The lowest BCUT2D eigenvalue weighted by molar-refractivity contribution is 0.600. The highest BCUT2D eigenvalue weighted by Gasteiger charge is 1.86. The summed E-state index contributed by atoms with van der Waals surface area (Å²) in [6.07, 6.45) is 3.50. The molecule has 0 aliphatic carbocycles. The molecule has 0 fully saturated rings. The molecule has 0 radical (unpaired) electrons. The molecule has 72 valence electrons. The first-order chi connectivity index (χ1) is 6.79. The Bertz CT molecular complexity index is 298. The molecule has 0 unspecified atom stereocenters. The van der Waals surface area contributed by atoms with Crippen molar-refractivity contribution in [3.8, 4) is 0 Å². The summed E-state index contributed by atoms with van der Waals surface area (Å²) in [4.78, 5) is 3.78. The minimum Gasteiger partial charge on any atom is -0.265 e. The molecule has 0 spiro atoms. The van der Waals surface area contributed by atoms with Crippen LogP contribution in [0.2, 0.25) is 0 Å². The second-order valence-corrected chi connectivity index (χ2v) is 2.46. The van der Waals surface area contributed by atoms with Gasteiger partial charge in [-0.25, -0.2) is 8.78 Å². The van der Waals surface area contributed by atoms with Crippen LogP contribution in [0.4, 0.5) is 8.78 Å². The van der Waals surface area contributed by atoms with Crippen LogP contribution in [-0.4, -0.2) is 4.98 Å². The molecule has 0 N–H and O–H groups in total. The van der Waals surface area contributed by atoms with Crippen molar-refractivity contribution in [2.24, 2.45) is 0 Å². The highest BCUT2D eigenvalue weighted by Crippen LogP contribution is 1.98. The fraction of sp³-hybridized carbons (Fsp3) is 0. The minimum atomic E-state index is -0.411. The van der Waals surface area contributed by atoms with E-state index in [2.05, 4.69) is 4.98 Å². The quantitative estimate of drug-likeness (QED) is 0.626. The van der Waals surface area contributed by atoms with E-state index in [4.69, 9.17) is 0 Å². The SMILES string of the molecule is Fc1ccc(F)cc1.c1ccncc1. The van der Waals surface area contributed by atoms with E-state index < -0.39 is 11.6 Å². The van der Waals surface area contributed by atoms with Crippen molar-refractivity contribution >= 4 is 0 Å². The lowest BCUT2D eigenvalue weighted by atomic mass is 10.3. The second-order valence-electron chi connectivity index (χ2n) is 2.46. The first kappa shape index (κ1) is 10.3. The number of hydrogen-bond acceptors (Lipinski definition) is 1. The summed E-state index contributed by atoms with van der Waals surface area (Å²) in [7, 11) is 0. The largest absolute Gasteiger partial charge is 0.265 e. The number of aromatic nitrogens is 1. The van der Waals surface area contributed by atoms with Gasteiger partial charge >= 0.3 is 0 Å². The van der Waals surface area contributed by atoms with Gasteiger partial charge in [0.15, 0.2) is 0 Å². The van der Waals surface area contributed by atoms with Gasteiger partial charge in [0.05, 0.1) is 0 Å². The van der Waals surface area contributed by atoms with Gasteiger partial charge in [0.1, 0.15) is 11.6 Å². The van der Waals surface area contributed by atoms with Gasteiger partial charge < -0.3 is 0 Å². The van der Waals surface area contributed by atoms with Gasteiger partial charge in [0.2, 0.25) is 0 Å². The van der Waals surface area contributed by atoms with Crippen LogP contribution < -0.4 is 0 Å². The Morgan fingerprint density at radius 2 is 1.14 bits per heavy atom. The zero-order valence-corrected chi connectivity index (χ0v) is 7.40. The van der Waals surface area contributed by atoms with Crippen molar-refractivity contribution in [2.75, 3.05) is 0 Å². The highest BCUT2D eigenvalue weighted by atomic mass is 19.1. The van der Waals surface area contributed by atoms with Gasteiger partial charge in [0.25, 0.3) is 0 Å². The number of rotatable bonds is 0. The molecule has 2 rings (SSSR count). The van der Waals surface area contributed by atoms with Gasteiger partial charge in [-0.2, -0.15) is 0 Å². The number of nitrogens with zero attached hydrogens (tertiary/aromatic N) is 1. The van der Waals surface area contributed by atoms with E-state index in [-0.39, 0.29) is 0 Å². The summed E-state index contributed by atoms with van der Waals surface area (Å²) < 4.78 is 23.8. The average molecular weight is 193 g/mol. The number of benzene rings is 1. The molecular weight excluding hydrogens is 184 g/mol. The van der Waals surface area contributed by atoms with E-state index in [1.165, 1.54) is 0 Å². The maximum Gasteiger partial charge on any atom is 0.123 e. The topological polar surface area (TPSA) is 12.9 Å². The molecule has 1 aromatic heterocycles. The maximum atomic E-state index is 11.9. The fourth-order valence-corrected chi connectivity index (χ4v) is 0.742. The average Bonchev–Trinajstić information content (AvgIpc) is 2.26. The lowest BCUT2D eigenvalue weighted by Crippen LogP contribution is -1.72. The Hall–Kier alpha value is -1.77. The van der Waals surface area contributed by atoms with Crippen LogP contribution in [0.5, 0.6) is 0 Å². The molecule has 0 saturated carbocycles. The van der Waals surface area contributed by atoms with Crippen LogP contribution in [0.15, 0.2) is 54.9 Å². The van der Waals surface area contributed by atoms with Crippen LogP contribution in [0.1, 0.15) is 0 Å². The van der Waals surface area contributed by atoms with E-state index in [1.54, 1.807) is 12.4 Å². The molecule has 0 aliphatic heterocycles. The number of halogens is 2. The second kappa shape index (κ2) is 5.80. The maximum absolute atomic E-state index is 11.9. The predicted molar refractivity (Wildman–Crippen MR) is 50.6 cm³/mol. The summed E-state index contributed by atoms with van der Waals surface area (Å²) in [5.41, 5.74) is 0. The number of hydrogen-bond donors (Lipinski definition) is 0. The van der Waals surface area contributed by atoms with Crippen molar-refractivity contribution in [1.82, 2.24) is 4.98 Å². The molecule has 0 bridgehead atoms. The number of pyridine rings is 1. The molecule has 1 nitrogen and oxygen atoms in total. The molecule has 3 heteroatoms. The lowest BCUT2D eigenvalue weighted by Gasteiger charge is -1.83. The van der Waals surface area contributed by atoms with Gasteiger partial charge in [0, 0.05) is 12.4 Å². The zero-order chi connectivity index (χ0) is 10.2. The van der Waals surface area contributed by atoms with Crippen molar-refractivity contribution in [3.63, 3.8) is 0 Å². The van der Waals surface area contributed by atoms with Crippen molar-refractivity contribution in [2.45, 2.75) is 0 Å². The van der Waals surface area contributed by atoms with Crippen molar-refractivity contribution in [3.05, 3.63) is 66.5 Å². The Kier molecular flexibility index (Phi) is 4.27. The molecule has 2 aromatic rings. The zero-order valence-electron chi connectivity index (χ0n) is 7.40. The first-order valence-electron chi connectivity index (χ1n) is 4.05. The van der Waals surface area contributed by atoms with E-state index >= 15 is 0 Å². The molecule has 14 heavy (non-hydrogen) atoms. The monoisotopic (exact) mass is 193 g/mol. The molecule has 0 atom stereocenters. The molecule has 0 saturated heterocycles. The van der Waals surface area contributed by atoms with Crippen LogP contribution >= 0.6 is 0 Å². The Morgan fingerprint density at radius 1 is 0.714 bits per heavy atom. The summed E-state index contributed by atoms with van der Waals surface area (Å²) in [5, 5.41) is 0. The van der Waals surface area contributed by atoms with Gasteiger partial charge in [-0.3, -0.25) is 4.98 Å². The predicted octanol–water partition coefficient (Wildman–Crippen LogP) is 3.05. The van der Waals surface area contributed by atoms with Crippen LogP contribution in [0.3, 0.4) is 0 Å². The third-order valence-electron chi connectivity index (χ3n) is 1.37. The standard InChI is InChI=1S/C6H4F2.C5H5N/c7-5-1-2-6(8)4-3-5;1-2-4-6-5-3-1/h1-4H;1-5H. The van der Waals surface area contributed by atoms with Crippen LogP contribution in [-0.2, 0) is 0 Å². The van der Waals surface area contributed by atoms with Gasteiger partial charge in [-0.05, 0) is 36.4 Å². The molecule has 0 amide bonds. The van der Waals surface area contributed by atoms with Crippen molar-refractivity contribution in [1.29, 1.82) is 0 Å². The van der Waals surface area contributed by atoms with Crippen molar-refractivity contribution < 1.29 is 8.78 Å². The summed E-state index contributed by atoms with van der Waals surface area (Å²) >= 11 is 0. The van der Waals surface area contributed by atoms with E-state index in [0.717, 1.165) is 24.3 Å². The Labute approximate surface area is 81.0 Å². The first-order valence-corrected chi connectivity index (χ1v) is 4.05. The molecule has 1 heterocycles. The van der Waals surface area contributed by atoms with Crippen LogP contribution in [0, 0.1) is 11.6 Å². The van der Waals surface area contributed by atoms with E-state index in [0.29, 0.717) is 0 Å². The Morgan fingerprint density at radius 3 is 1.36 bits per heavy atom. The molecule has 0 aliphatic rings. The summed E-state index contributed by atoms with van der Waals surface area (Å²) in [6.45, 7) is 0. The van der Waals surface area contributed by atoms with Gasteiger partial charge in [-0.15, -0.1) is 0 Å². The van der Waals surface area contributed by atoms with E-state index in [9.17, 15) is 8.78 Å². The smallest absolute Gasteiger partial charge is 0.123 e. The molecular formula is C11H9F2N. The Balaban J connectivity index is 0.000000146. The normalized spacial score (nSPS) is 8.71. The third kappa shape index (κ3) is 4.30. The fourth-order valence-electron chi connectivity index (χ4n) is 0.742. The highest BCUT2D eigenvalue weighted by molar-refractivity contribution is 5.04. The third-order valence-corrected chi connectivity index (χ3v) is 1.37. The summed E-state index contributed by atoms with van der Waals surface area (Å²) in [6, 6.07) is 10.0. The van der Waals surface area contributed by atoms with Crippen LogP contribution in [0.25, 0.3) is 0 Å². The minimum absolute atomic E-state index is 0.411. The van der Waals surface area contributed by atoms with E-state index in [1.807, 2.05) is 18.2 Å². The molecule has 1 aromatic carbocycles. The summed E-state index contributed by atoms with van der Waals surface area (Å²) in [5.74, 6) is -0.821. The van der Waals surface area contributed by atoms with Gasteiger partial charge in [-0.1, -0.05) is 6.07 Å².